The van der Waals surface area contributed by atoms with Crippen LogP contribution in [0.15, 0.2) is 36.4 Å². The van der Waals surface area contributed by atoms with Crippen molar-refractivity contribution in [3.8, 4) is 11.1 Å². The predicted molar refractivity (Wildman–Crippen MR) is 99.7 cm³/mol. The van der Waals surface area contributed by atoms with E-state index in [1.807, 2.05) is 18.2 Å². The minimum Gasteiger partial charge on any atom is -0.390 e. The molecule has 1 fully saturated rings. The number of nitrogens with zero attached hydrogens (tertiary/aromatic N) is 1. The molecule has 0 aliphatic carbocycles. The predicted octanol–water partition coefficient (Wildman–Crippen LogP) is 3.06. The minimum atomic E-state index is -1.17. The lowest BCUT2D eigenvalue weighted by molar-refractivity contribution is -0.115. The van der Waals surface area contributed by atoms with E-state index in [2.05, 4.69) is 35.3 Å². The average molecular weight is 354 g/mol. The standard InChI is InChI=1S/C21H23FN2O2/c1-13-15(11-24-8-7-20(25)18(22)12-24)3-2-4-17(13)14-5-6-19-16(9-14)10-21(26)23-19/h2-6,9,18,20,25H,7-8,10-12H2,1H3,(H,23,26)/t18-,20+/m0/s1. The van der Waals surface area contributed by atoms with Gasteiger partial charge < -0.3 is 10.4 Å². The Bertz CT molecular complexity index is 852. The number of halogens is 1. The van der Waals surface area contributed by atoms with Gasteiger partial charge in [-0.3, -0.25) is 9.69 Å². The Labute approximate surface area is 152 Å². The van der Waals surface area contributed by atoms with Crippen molar-refractivity contribution in [2.24, 2.45) is 0 Å². The Morgan fingerprint density at radius 2 is 2.15 bits per heavy atom. The zero-order valence-corrected chi connectivity index (χ0v) is 14.8. The maximum absolute atomic E-state index is 13.8. The molecule has 0 saturated carbocycles. The zero-order chi connectivity index (χ0) is 18.3. The van der Waals surface area contributed by atoms with Crippen molar-refractivity contribution < 1.29 is 14.3 Å². The van der Waals surface area contributed by atoms with Crippen molar-refractivity contribution in [3.63, 3.8) is 0 Å². The number of nitrogens with one attached hydrogen (secondary N) is 1. The first-order chi connectivity index (χ1) is 12.5. The van der Waals surface area contributed by atoms with Gasteiger partial charge in [-0.2, -0.15) is 0 Å². The molecule has 2 aliphatic heterocycles. The number of aliphatic hydroxyl groups is 1. The fourth-order valence-corrected chi connectivity index (χ4v) is 3.90. The number of benzene rings is 2. The van der Waals surface area contributed by atoms with E-state index in [4.69, 9.17) is 0 Å². The Hall–Kier alpha value is -2.24. The molecule has 26 heavy (non-hydrogen) atoms. The highest BCUT2D eigenvalue weighted by molar-refractivity contribution is 5.99. The highest BCUT2D eigenvalue weighted by atomic mass is 19.1. The van der Waals surface area contributed by atoms with Crippen LogP contribution in [-0.2, 0) is 17.8 Å². The summed E-state index contributed by atoms with van der Waals surface area (Å²) in [6, 6.07) is 12.3. The Balaban J connectivity index is 1.59. The monoisotopic (exact) mass is 354 g/mol. The van der Waals surface area contributed by atoms with Crippen LogP contribution in [0.25, 0.3) is 11.1 Å². The number of rotatable bonds is 3. The normalized spacial score (nSPS) is 23.0. The number of anilines is 1. The molecule has 0 bridgehead atoms. The van der Waals surface area contributed by atoms with E-state index < -0.39 is 12.3 Å². The van der Waals surface area contributed by atoms with Gasteiger partial charge in [-0.25, -0.2) is 4.39 Å². The third-order valence-electron chi connectivity index (χ3n) is 5.47. The van der Waals surface area contributed by atoms with Crippen LogP contribution in [0.1, 0.15) is 23.1 Å². The summed E-state index contributed by atoms with van der Waals surface area (Å²) in [6.45, 7) is 3.75. The summed E-state index contributed by atoms with van der Waals surface area (Å²) < 4.78 is 13.8. The van der Waals surface area contributed by atoms with Crippen molar-refractivity contribution >= 4 is 11.6 Å². The molecule has 5 heteroatoms. The maximum Gasteiger partial charge on any atom is 0.228 e. The van der Waals surface area contributed by atoms with Crippen LogP contribution in [0, 0.1) is 6.92 Å². The first kappa shape index (κ1) is 17.2. The second-order valence-electron chi connectivity index (χ2n) is 7.29. The minimum absolute atomic E-state index is 0.0377. The van der Waals surface area contributed by atoms with Gasteiger partial charge in [0.25, 0.3) is 0 Å². The third-order valence-corrected chi connectivity index (χ3v) is 5.47. The van der Waals surface area contributed by atoms with E-state index in [9.17, 15) is 14.3 Å². The van der Waals surface area contributed by atoms with Gasteiger partial charge in [-0.05, 0) is 53.3 Å². The van der Waals surface area contributed by atoms with Gasteiger partial charge in [0.1, 0.15) is 6.17 Å². The summed E-state index contributed by atoms with van der Waals surface area (Å²) >= 11 is 0. The number of likely N-dealkylation sites (tertiary alicyclic amines) is 1. The SMILES string of the molecule is Cc1c(CN2CC[C@@H](O)[C@@H](F)C2)cccc1-c1ccc2c(c1)CC(=O)N2. The Morgan fingerprint density at radius 1 is 1.31 bits per heavy atom. The quantitative estimate of drug-likeness (QED) is 0.891. The highest BCUT2D eigenvalue weighted by Gasteiger charge is 2.27. The van der Waals surface area contributed by atoms with Gasteiger partial charge in [-0.1, -0.05) is 24.3 Å². The van der Waals surface area contributed by atoms with E-state index in [-0.39, 0.29) is 12.5 Å². The van der Waals surface area contributed by atoms with E-state index >= 15 is 0 Å². The largest absolute Gasteiger partial charge is 0.390 e. The van der Waals surface area contributed by atoms with Crippen molar-refractivity contribution in [2.75, 3.05) is 18.4 Å². The van der Waals surface area contributed by atoms with Crippen LogP contribution < -0.4 is 5.32 Å². The van der Waals surface area contributed by atoms with E-state index in [0.717, 1.165) is 22.4 Å². The molecular weight excluding hydrogens is 331 g/mol. The summed E-state index contributed by atoms with van der Waals surface area (Å²) in [5.41, 5.74) is 6.50. The molecule has 2 N–H and O–H groups in total. The molecule has 2 heterocycles. The van der Waals surface area contributed by atoms with Gasteiger partial charge in [0, 0.05) is 25.3 Å². The zero-order valence-electron chi connectivity index (χ0n) is 14.8. The van der Waals surface area contributed by atoms with Crippen LogP contribution in [0.5, 0.6) is 0 Å². The fourth-order valence-electron chi connectivity index (χ4n) is 3.90. The summed E-state index contributed by atoms with van der Waals surface area (Å²) in [4.78, 5) is 13.6. The number of aliphatic hydroxyl groups excluding tert-OH is 1. The van der Waals surface area contributed by atoms with E-state index in [1.165, 1.54) is 11.1 Å². The fraction of sp³-hybridized carbons (Fsp3) is 0.381. The first-order valence-corrected chi connectivity index (χ1v) is 9.07. The second kappa shape index (κ2) is 6.82. The van der Waals surface area contributed by atoms with Crippen LogP contribution in [0.3, 0.4) is 0 Å². The topological polar surface area (TPSA) is 52.6 Å². The van der Waals surface area contributed by atoms with Crippen molar-refractivity contribution in [1.82, 2.24) is 4.90 Å². The molecule has 4 nitrogen and oxygen atoms in total. The van der Waals surface area contributed by atoms with Crippen LogP contribution >= 0.6 is 0 Å². The van der Waals surface area contributed by atoms with Gasteiger partial charge in [0.05, 0.1) is 12.5 Å². The molecular formula is C21H23FN2O2. The molecule has 2 aliphatic rings. The number of alkyl halides is 1. The second-order valence-corrected chi connectivity index (χ2v) is 7.29. The summed E-state index contributed by atoms with van der Waals surface area (Å²) in [5.74, 6) is 0.0377. The number of carbonyl (C=O) groups is 1. The molecule has 1 saturated heterocycles. The molecule has 1 amide bonds. The number of amides is 1. The average Bonchev–Trinajstić information content (AvgIpc) is 2.99. The van der Waals surface area contributed by atoms with E-state index in [0.29, 0.717) is 25.9 Å². The van der Waals surface area contributed by atoms with Crippen LogP contribution in [0.2, 0.25) is 0 Å². The summed E-state index contributed by atoms with van der Waals surface area (Å²) in [5, 5.41) is 12.4. The molecule has 0 aromatic heterocycles. The molecule has 0 unspecified atom stereocenters. The number of carbonyl (C=O) groups excluding carboxylic acids is 1. The molecule has 2 aromatic rings. The molecule has 0 radical (unpaired) electrons. The number of piperidine rings is 1. The number of fused-ring (bicyclic) bond motifs is 1. The maximum atomic E-state index is 13.8. The Morgan fingerprint density at radius 3 is 2.96 bits per heavy atom. The van der Waals surface area contributed by atoms with Crippen LogP contribution in [0.4, 0.5) is 10.1 Å². The smallest absolute Gasteiger partial charge is 0.228 e. The Kier molecular flexibility index (Phi) is 4.51. The highest BCUT2D eigenvalue weighted by Crippen LogP contribution is 2.32. The lowest BCUT2D eigenvalue weighted by atomic mass is 9.94. The summed E-state index contributed by atoms with van der Waals surface area (Å²) in [6.07, 6.45) is -1.10. The van der Waals surface area contributed by atoms with Crippen molar-refractivity contribution in [2.45, 2.75) is 38.6 Å². The number of hydrogen-bond donors (Lipinski definition) is 2. The lowest BCUT2D eigenvalue weighted by Crippen LogP contribution is -2.44. The van der Waals surface area contributed by atoms with Crippen LogP contribution in [-0.4, -0.2) is 41.3 Å². The lowest BCUT2D eigenvalue weighted by Gasteiger charge is -2.32. The van der Waals surface area contributed by atoms with Crippen molar-refractivity contribution in [1.29, 1.82) is 0 Å². The third kappa shape index (κ3) is 3.24. The van der Waals surface area contributed by atoms with Gasteiger partial charge in [0.2, 0.25) is 5.91 Å². The first-order valence-electron chi connectivity index (χ1n) is 9.07. The van der Waals surface area contributed by atoms with Gasteiger partial charge in [0.15, 0.2) is 0 Å². The van der Waals surface area contributed by atoms with Gasteiger partial charge >= 0.3 is 0 Å². The number of hydrogen-bond acceptors (Lipinski definition) is 3. The molecule has 2 aromatic carbocycles. The van der Waals surface area contributed by atoms with E-state index in [1.54, 1.807) is 0 Å². The molecule has 136 valence electrons. The van der Waals surface area contributed by atoms with Crippen molar-refractivity contribution in [3.05, 3.63) is 53.1 Å². The molecule has 2 atom stereocenters. The van der Waals surface area contributed by atoms with Gasteiger partial charge in [-0.15, -0.1) is 0 Å². The molecule has 0 spiro atoms. The molecule has 4 rings (SSSR count). The summed E-state index contributed by atoms with van der Waals surface area (Å²) in [7, 11) is 0.